The Bertz CT molecular complexity index is 518. The van der Waals surface area contributed by atoms with Gasteiger partial charge in [0, 0.05) is 22.4 Å². The molecule has 3 N–H and O–H groups in total. The third-order valence-corrected chi connectivity index (χ3v) is 2.51. The number of nitrogens with two attached hydrogens (primary N) is 1. The summed E-state index contributed by atoms with van der Waals surface area (Å²) in [6, 6.07) is 4.60. The van der Waals surface area contributed by atoms with Crippen LogP contribution in [0.5, 0.6) is 0 Å². The molecule has 1 aromatic heterocycles. The Morgan fingerprint density at radius 3 is 2.75 bits per heavy atom. The minimum Gasteiger partial charge on any atom is -0.307 e. The summed E-state index contributed by atoms with van der Waals surface area (Å²) in [6.07, 6.45) is 2.96. The number of rotatable bonds is 2. The van der Waals surface area contributed by atoms with E-state index in [9.17, 15) is 4.39 Å². The van der Waals surface area contributed by atoms with Gasteiger partial charge in [-0.2, -0.15) is 0 Å². The van der Waals surface area contributed by atoms with Gasteiger partial charge in [0.2, 0.25) is 0 Å². The minimum atomic E-state index is -0.375. The van der Waals surface area contributed by atoms with Crippen molar-refractivity contribution in [1.82, 2.24) is 9.97 Å². The predicted octanol–water partition coefficient (Wildman–Crippen LogP) is 2.33. The normalized spacial score (nSPS) is 10.2. The van der Waals surface area contributed by atoms with Crippen molar-refractivity contribution >= 4 is 21.7 Å². The Morgan fingerprint density at radius 1 is 1.25 bits per heavy atom. The number of hydrogen-bond donors (Lipinski definition) is 2. The Balaban J connectivity index is 2.62. The molecule has 16 heavy (non-hydrogen) atoms. The first-order valence-electron chi connectivity index (χ1n) is 4.45. The molecule has 82 valence electrons. The van der Waals surface area contributed by atoms with Crippen LogP contribution in [0.4, 0.5) is 10.2 Å². The maximum atomic E-state index is 13.6. The van der Waals surface area contributed by atoms with Gasteiger partial charge in [-0.05, 0) is 18.2 Å². The van der Waals surface area contributed by atoms with E-state index in [1.54, 1.807) is 12.1 Å². The van der Waals surface area contributed by atoms with E-state index >= 15 is 0 Å². The molecule has 0 saturated carbocycles. The van der Waals surface area contributed by atoms with Crippen molar-refractivity contribution in [2.24, 2.45) is 5.84 Å². The average molecular weight is 283 g/mol. The lowest BCUT2D eigenvalue weighted by atomic mass is 10.1. The van der Waals surface area contributed by atoms with Crippen LogP contribution in [0.1, 0.15) is 0 Å². The van der Waals surface area contributed by atoms with E-state index in [1.807, 2.05) is 0 Å². The van der Waals surface area contributed by atoms with Crippen molar-refractivity contribution in [3.8, 4) is 11.3 Å². The largest absolute Gasteiger partial charge is 0.307 e. The Morgan fingerprint density at radius 2 is 2.00 bits per heavy atom. The maximum absolute atomic E-state index is 13.6. The van der Waals surface area contributed by atoms with Crippen molar-refractivity contribution in [2.45, 2.75) is 0 Å². The van der Waals surface area contributed by atoms with Gasteiger partial charge >= 0.3 is 0 Å². The molecule has 0 aliphatic carbocycles. The van der Waals surface area contributed by atoms with Gasteiger partial charge < -0.3 is 5.43 Å². The molecule has 0 radical (unpaired) electrons. The molecule has 0 saturated heterocycles. The molecule has 0 fully saturated rings. The highest BCUT2D eigenvalue weighted by atomic mass is 79.9. The van der Waals surface area contributed by atoms with Gasteiger partial charge in [0.15, 0.2) is 5.82 Å². The molecule has 0 atom stereocenters. The second-order valence-electron chi connectivity index (χ2n) is 3.02. The van der Waals surface area contributed by atoms with E-state index in [0.29, 0.717) is 17.1 Å². The van der Waals surface area contributed by atoms with Crippen molar-refractivity contribution < 1.29 is 4.39 Å². The zero-order valence-corrected chi connectivity index (χ0v) is 9.70. The molecule has 0 aliphatic heterocycles. The molecule has 1 aromatic carbocycles. The van der Waals surface area contributed by atoms with Crippen LogP contribution in [0.3, 0.4) is 0 Å². The number of halogens is 2. The molecule has 2 rings (SSSR count). The molecule has 0 amide bonds. The summed E-state index contributed by atoms with van der Waals surface area (Å²) in [6.45, 7) is 0. The van der Waals surface area contributed by atoms with Crippen LogP contribution in [0, 0.1) is 5.82 Å². The average Bonchev–Trinajstić information content (AvgIpc) is 2.32. The molecule has 1 heterocycles. The third kappa shape index (κ3) is 2.02. The molecule has 4 nitrogen and oxygen atoms in total. The standard InChI is InChI=1S/C10H8BrFN4/c11-6-1-2-8(12)7(5-6)9-10(16-13)15-4-3-14-9/h1-5H,13H2,(H,15,16). The first kappa shape index (κ1) is 11.0. The maximum Gasteiger partial charge on any atom is 0.166 e. The van der Waals surface area contributed by atoms with Crippen molar-refractivity contribution in [3.63, 3.8) is 0 Å². The molecular formula is C10H8BrFN4. The predicted molar refractivity (Wildman–Crippen MR) is 62.9 cm³/mol. The van der Waals surface area contributed by atoms with Gasteiger partial charge in [0.25, 0.3) is 0 Å². The summed E-state index contributed by atoms with van der Waals surface area (Å²) < 4.78 is 14.4. The smallest absolute Gasteiger partial charge is 0.166 e. The van der Waals surface area contributed by atoms with E-state index in [0.717, 1.165) is 4.47 Å². The molecule has 0 unspecified atom stereocenters. The highest BCUT2D eigenvalue weighted by Gasteiger charge is 2.11. The van der Waals surface area contributed by atoms with Crippen LogP contribution in [-0.2, 0) is 0 Å². The molecule has 0 spiro atoms. The van der Waals surface area contributed by atoms with Crippen LogP contribution in [0.2, 0.25) is 0 Å². The fourth-order valence-corrected chi connectivity index (χ4v) is 1.68. The number of hydrazine groups is 1. The highest BCUT2D eigenvalue weighted by Crippen LogP contribution is 2.28. The van der Waals surface area contributed by atoms with E-state index in [2.05, 4.69) is 31.3 Å². The summed E-state index contributed by atoms with van der Waals surface area (Å²) in [5.41, 5.74) is 3.11. The van der Waals surface area contributed by atoms with Gasteiger partial charge in [0.05, 0.1) is 0 Å². The quantitative estimate of drug-likeness (QED) is 0.656. The molecule has 2 aromatic rings. The summed E-state index contributed by atoms with van der Waals surface area (Å²) in [4.78, 5) is 8.02. The van der Waals surface area contributed by atoms with Crippen LogP contribution in [0.15, 0.2) is 35.1 Å². The Hall–Kier alpha value is -1.53. The highest BCUT2D eigenvalue weighted by molar-refractivity contribution is 9.10. The summed E-state index contributed by atoms with van der Waals surface area (Å²) in [7, 11) is 0. The van der Waals surface area contributed by atoms with Crippen molar-refractivity contribution in [3.05, 3.63) is 40.9 Å². The van der Waals surface area contributed by atoms with Crippen LogP contribution in [-0.4, -0.2) is 9.97 Å². The SMILES string of the molecule is NNc1nccnc1-c1cc(Br)ccc1F. The van der Waals surface area contributed by atoms with E-state index < -0.39 is 0 Å². The number of benzene rings is 1. The van der Waals surface area contributed by atoms with Gasteiger partial charge in [-0.15, -0.1) is 0 Å². The van der Waals surface area contributed by atoms with Crippen molar-refractivity contribution in [1.29, 1.82) is 0 Å². The van der Waals surface area contributed by atoms with E-state index in [1.165, 1.54) is 18.5 Å². The molecule has 6 heteroatoms. The first-order chi connectivity index (χ1) is 7.72. The number of nitrogen functional groups attached to an aromatic ring is 1. The van der Waals surface area contributed by atoms with Gasteiger partial charge in [-0.25, -0.2) is 15.2 Å². The molecule has 0 aliphatic rings. The van der Waals surface area contributed by atoms with Crippen molar-refractivity contribution in [2.75, 3.05) is 5.43 Å². The summed E-state index contributed by atoms with van der Waals surface area (Å²) >= 11 is 3.27. The number of nitrogens with zero attached hydrogens (tertiary/aromatic N) is 2. The lowest BCUT2D eigenvalue weighted by Crippen LogP contribution is -2.10. The second-order valence-corrected chi connectivity index (χ2v) is 3.94. The zero-order valence-electron chi connectivity index (χ0n) is 8.11. The van der Waals surface area contributed by atoms with Gasteiger partial charge in [-0.3, -0.25) is 4.98 Å². The monoisotopic (exact) mass is 282 g/mol. The lowest BCUT2D eigenvalue weighted by Gasteiger charge is -2.07. The Kier molecular flexibility index (Phi) is 3.12. The lowest BCUT2D eigenvalue weighted by molar-refractivity contribution is 0.630. The minimum absolute atomic E-state index is 0.333. The fraction of sp³-hybridized carbons (Fsp3) is 0. The summed E-state index contributed by atoms with van der Waals surface area (Å²) in [5.74, 6) is 5.25. The van der Waals surface area contributed by atoms with Gasteiger partial charge in [0.1, 0.15) is 11.5 Å². The Labute approximate surface area is 99.8 Å². The first-order valence-corrected chi connectivity index (χ1v) is 5.24. The third-order valence-electron chi connectivity index (χ3n) is 2.02. The van der Waals surface area contributed by atoms with Crippen LogP contribution in [0.25, 0.3) is 11.3 Å². The molecular weight excluding hydrogens is 275 g/mol. The van der Waals surface area contributed by atoms with E-state index in [4.69, 9.17) is 5.84 Å². The number of nitrogens with one attached hydrogen (secondary N) is 1. The summed E-state index contributed by atoms with van der Waals surface area (Å²) in [5, 5.41) is 0. The zero-order chi connectivity index (χ0) is 11.5. The topological polar surface area (TPSA) is 63.8 Å². The second kappa shape index (κ2) is 4.54. The number of anilines is 1. The van der Waals surface area contributed by atoms with Crippen LogP contribution >= 0.6 is 15.9 Å². The fourth-order valence-electron chi connectivity index (χ4n) is 1.32. The van der Waals surface area contributed by atoms with Crippen LogP contribution < -0.4 is 11.3 Å². The molecule has 0 bridgehead atoms. The van der Waals surface area contributed by atoms with Gasteiger partial charge in [-0.1, -0.05) is 15.9 Å². The number of hydrogen-bond acceptors (Lipinski definition) is 4. The van der Waals surface area contributed by atoms with E-state index in [-0.39, 0.29) is 5.82 Å². The number of aromatic nitrogens is 2.